The van der Waals surface area contributed by atoms with E-state index in [9.17, 15) is 9.18 Å². The molecule has 3 rings (SSSR count). The summed E-state index contributed by atoms with van der Waals surface area (Å²) in [6.07, 6.45) is 2.86. The molecule has 2 aromatic rings. The molecule has 2 N–H and O–H groups in total. The lowest BCUT2D eigenvalue weighted by Crippen LogP contribution is -2.37. The van der Waals surface area contributed by atoms with Crippen LogP contribution in [0.15, 0.2) is 30.5 Å². The number of methoxy groups -OCH3 is 1. The molecular weight excluding hydrogens is 313 g/mol. The van der Waals surface area contributed by atoms with Crippen LogP contribution in [0.2, 0.25) is 0 Å². The van der Waals surface area contributed by atoms with Gasteiger partial charge < -0.3 is 14.8 Å². The molecular formula is C17H20FN3O3. The molecule has 6 nitrogen and oxygen atoms in total. The molecule has 0 spiro atoms. The standard InChI is InChI=1S/C17H20FN3O3/c1-23-15-5-4-12(18)9-11(15)10-19-17(22)13-3-2-8-24-16(13)14-6-7-20-21-14/h4-7,9,13,16H,2-3,8,10H2,1H3,(H,19,22)(H,20,21)/t13-,16-/m1/s1. The van der Waals surface area contributed by atoms with Gasteiger partial charge in [-0.15, -0.1) is 0 Å². The van der Waals surface area contributed by atoms with E-state index in [1.54, 1.807) is 12.3 Å². The molecule has 1 aliphatic heterocycles. The average molecular weight is 333 g/mol. The first kappa shape index (κ1) is 16.4. The summed E-state index contributed by atoms with van der Waals surface area (Å²) in [6.45, 7) is 0.817. The van der Waals surface area contributed by atoms with Gasteiger partial charge in [-0.3, -0.25) is 9.89 Å². The van der Waals surface area contributed by atoms with Gasteiger partial charge in [-0.2, -0.15) is 5.10 Å². The molecule has 1 aromatic carbocycles. The van der Waals surface area contributed by atoms with Gasteiger partial charge >= 0.3 is 0 Å². The minimum absolute atomic E-state index is 0.124. The van der Waals surface area contributed by atoms with Crippen LogP contribution in [0.3, 0.4) is 0 Å². The summed E-state index contributed by atoms with van der Waals surface area (Å²) in [5.41, 5.74) is 1.39. The van der Waals surface area contributed by atoms with Crippen LogP contribution in [0, 0.1) is 11.7 Å². The lowest BCUT2D eigenvalue weighted by atomic mass is 9.91. The van der Waals surface area contributed by atoms with Crippen molar-refractivity contribution in [3.8, 4) is 5.75 Å². The summed E-state index contributed by atoms with van der Waals surface area (Å²) in [5, 5.41) is 9.65. The number of nitrogens with zero attached hydrogens (tertiary/aromatic N) is 1. The fourth-order valence-electron chi connectivity index (χ4n) is 2.98. The second-order valence-electron chi connectivity index (χ2n) is 5.73. The largest absolute Gasteiger partial charge is 0.496 e. The van der Waals surface area contributed by atoms with Gasteiger partial charge in [0.25, 0.3) is 0 Å². The van der Waals surface area contributed by atoms with E-state index < -0.39 is 0 Å². The minimum atomic E-state index is -0.364. The van der Waals surface area contributed by atoms with E-state index in [-0.39, 0.29) is 30.3 Å². The molecule has 1 amide bonds. The fraction of sp³-hybridized carbons (Fsp3) is 0.412. The lowest BCUT2D eigenvalue weighted by molar-refractivity contribution is -0.135. The molecule has 1 aliphatic rings. The lowest BCUT2D eigenvalue weighted by Gasteiger charge is -2.30. The normalized spacial score (nSPS) is 20.6. The number of H-pyrrole nitrogens is 1. The van der Waals surface area contributed by atoms with Crippen LogP contribution >= 0.6 is 0 Å². The third kappa shape index (κ3) is 3.56. The molecule has 1 aromatic heterocycles. The van der Waals surface area contributed by atoms with E-state index in [1.165, 1.54) is 19.2 Å². The second-order valence-corrected chi connectivity index (χ2v) is 5.73. The van der Waals surface area contributed by atoms with Gasteiger partial charge in [0.1, 0.15) is 17.7 Å². The van der Waals surface area contributed by atoms with Crippen LogP contribution in [0.4, 0.5) is 4.39 Å². The number of ether oxygens (including phenoxy) is 2. The van der Waals surface area contributed by atoms with Crippen molar-refractivity contribution in [2.24, 2.45) is 5.92 Å². The Morgan fingerprint density at radius 2 is 2.38 bits per heavy atom. The average Bonchev–Trinajstić information content (AvgIpc) is 3.14. The molecule has 1 saturated heterocycles. The molecule has 24 heavy (non-hydrogen) atoms. The van der Waals surface area contributed by atoms with Crippen molar-refractivity contribution in [2.75, 3.05) is 13.7 Å². The van der Waals surface area contributed by atoms with E-state index in [2.05, 4.69) is 15.5 Å². The van der Waals surface area contributed by atoms with Crippen LogP contribution in [-0.2, 0) is 16.1 Å². The van der Waals surface area contributed by atoms with E-state index in [0.29, 0.717) is 17.9 Å². The minimum Gasteiger partial charge on any atom is -0.496 e. The Morgan fingerprint density at radius 1 is 1.50 bits per heavy atom. The highest BCUT2D eigenvalue weighted by atomic mass is 19.1. The van der Waals surface area contributed by atoms with Crippen molar-refractivity contribution in [2.45, 2.75) is 25.5 Å². The molecule has 0 saturated carbocycles. The third-order valence-corrected chi connectivity index (χ3v) is 4.18. The number of nitrogens with one attached hydrogen (secondary N) is 2. The molecule has 2 heterocycles. The Hall–Kier alpha value is -2.41. The summed E-state index contributed by atoms with van der Waals surface area (Å²) >= 11 is 0. The van der Waals surface area contributed by atoms with Crippen LogP contribution in [0.1, 0.15) is 30.2 Å². The van der Waals surface area contributed by atoms with Crippen molar-refractivity contribution in [3.05, 3.63) is 47.5 Å². The van der Waals surface area contributed by atoms with Crippen molar-refractivity contribution < 1.29 is 18.7 Å². The van der Waals surface area contributed by atoms with Gasteiger partial charge in [-0.25, -0.2) is 4.39 Å². The highest BCUT2D eigenvalue weighted by molar-refractivity contribution is 5.79. The topological polar surface area (TPSA) is 76.2 Å². The number of halogens is 1. The van der Waals surface area contributed by atoms with Gasteiger partial charge in [0.15, 0.2) is 0 Å². The predicted octanol–water partition coefficient (Wildman–Crippen LogP) is 2.34. The van der Waals surface area contributed by atoms with Gasteiger partial charge in [0, 0.05) is 24.9 Å². The maximum Gasteiger partial charge on any atom is 0.226 e. The molecule has 7 heteroatoms. The number of aromatic amines is 1. The summed E-state index contributed by atoms with van der Waals surface area (Å²) < 4.78 is 24.4. The molecule has 128 valence electrons. The molecule has 0 radical (unpaired) electrons. The van der Waals surface area contributed by atoms with Crippen molar-refractivity contribution in [1.82, 2.24) is 15.5 Å². The monoisotopic (exact) mass is 333 g/mol. The molecule has 2 atom stereocenters. The second kappa shape index (κ2) is 7.44. The SMILES string of the molecule is COc1ccc(F)cc1CNC(=O)[C@@H]1CCCO[C@H]1c1ccn[nH]1. The first-order chi connectivity index (χ1) is 11.7. The zero-order valence-electron chi connectivity index (χ0n) is 13.4. The van der Waals surface area contributed by atoms with Gasteiger partial charge in [-0.1, -0.05) is 0 Å². The van der Waals surface area contributed by atoms with E-state index >= 15 is 0 Å². The number of hydrogen-bond acceptors (Lipinski definition) is 4. The van der Waals surface area contributed by atoms with E-state index in [4.69, 9.17) is 9.47 Å². The van der Waals surface area contributed by atoms with Gasteiger partial charge in [0.2, 0.25) is 5.91 Å². The van der Waals surface area contributed by atoms with Gasteiger partial charge in [0.05, 0.1) is 18.7 Å². The Balaban J connectivity index is 1.68. The van der Waals surface area contributed by atoms with E-state index in [1.807, 2.05) is 6.07 Å². The number of carbonyl (C=O) groups excluding carboxylic acids is 1. The first-order valence-corrected chi connectivity index (χ1v) is 7.90. The number of rotatable bonds is 5. The highest BCUT2D eigenvalue weighted by Gasteiger charge is 2.33. The zero-order chi connectivity index (χ0) is 16.9. The first-order valence-electron chi connectivity index (χ1n) is 7.90. The number of hydrogen-bond donors (Lipinski definition) is 2. The van der Waals surface area contributed by atoms with Crippen LogP contribution in [-0.4, -0.2) is 29.8 Å². The number of amides is 1. The molecule has 0 unspecified atom stereocenters. The van der Waals surface area contributed by atoms with Crippen LogP contribution in [0.5, 0.6) is 5.75 Å². The summed E-state index contributed by atoms with van der Waals surface area (Å²) in [7, 11) is 1.52. The maximum absolute atomic E-state index is 13.4. The zero-order valence-corrected chi connectivity index (χ0v) is 13.4. The smallest absolute Gasteiger partial charge is 0.226 e. The number of benzene rings is 1. The van der Waals surface area contributed by atoms with Crippen LogP contribution < -0.4 is 10.1 Å². The molecule has 0 aliphatic carbocycles. The quantitative estimate of drug-likeness (QED) is 0.880. The Labute approximate surface area is 139 Å². The third-order valence-electron chi connectivity index (χ3n) is 4.18. The summed E-state index contributed by atoms with van der Waals surface area (Å²) in [4.78, 5) is 12.6. The fourth-order valence-corrected chi connectivity index (χ4v) is 2.98. The van der Waals surface area contributed by atoms with Gasteiger partial charge in [-0.05, 0) is 37.1 Å². The molecule has 1 fully saturated rings. The summed E-state index contributed by atoms with van der Waals surface area (Å²) in [5.74, 6) is -0.252. The van der Waals surface area contributed by atoms with Crippen molar-refractivity contribution in [1.29, 1.82) is 0 Å². The Kier molecular flexibility index (Phi) is 5.10. The summed E-state index contributed by atoms with van der Waals surface area (Å²) in [6, 6.07) is 6.05. The Bertz CT molecular complexity index is 690. The maximum atomic E-state index is 13.4. The Morgan fingerprint density at radius 3 is 3.12 bits per heavy atom. The van der Waals surface area contributed by atoms with E-state index in [0.717, 1.165) is 18.5 Å². The predicted molar refractivity (Wildman–Crippen MR) is 84.8 cm³/mol. The highest BCUT2D eigenvalue weighted by Crippen LogP contribution is 2.32. The molecule has 0 bridgehead atoms. The van der Waals surface area contributed by atoms with Crippen molar-refractivity contribution >= 4 is 5.91 Å². The number of carbonyl (C=O) groups is 1. The van der Waals surface area contributed by atoms with Crippen molar-refractivity contribution in [3.63, 3.8) is 0 Å². The van der Waals surface area contributed by atoms with Crippen LogP contribution in [0.25, 0.3) is 0 Å². The number of aromatic nitrogens is 2.